The van der Waals surface area contributed by atoms with E-state index < -0.39 is 6.10 Å². The number of allylic oxidation sites excluding steroid dienone is 12. The number of hydrogen-bond acceptors (Lipinski definition) is 6. The SMILES string of the molecule is CC/C=C\C/C=C\C/C=C\C/C=C\C/C=C\C/C=C\CCC(=O)OCC(COC(=O)CCCCCCCCCCCCCCCC)OC(=O)CCCCCCCCCCCCCCCCCCCC. The summed E-state index contributed by atoms with van der Waals surface area (Å²) in [4.78, 5) is 38.1. The maximum Gasteiger partial charge on any atom is 0.306 e. The topological polar surface area (TPSA) is 78.9 Å². The van der Waals surface area contributed by atoms with E-state index in [2.05, 4.69) is 87.6 Å². The van der Waals surface area contributed by atoms with Crippen LogP contribution in [0.2, 0.25) is 0 Å². The van der Waals surface area contributed by atoms with Gasteiger partial charge in [0.2, 0.25) is 0 Å². The van der Waals surface area contributed by atoms with Crippen molar-refractivity contribution in [3.05, 3.63) is 72.9 Å². The van der Waals surface area contributed by atoms with Crippen molar-refractivity contribution in [3.63, 3.8) is 0 Å². The van der Waals surface area contributed by atoms with Crippen LogP contribution >= 0.6 is 0 Å². The molecule has 0 aliphatic heterocycles. The van der Waals surface area contributed by atoms with Crippen molar-refractivity contribution in [3.8, 4) is 0 Å². The minimum absolute atomic E-state index is 0.0945. The molecule has 0 radical (unpaired) electrons. The van der Waals surface area contributed by atoms with Crippen molar-refractivity contribution >= 4 is 17.9 Å². The molecule has 0 spiro atoms. The van der Waals surface area contributed by atoms with E-state index >= 15 is 0 Å². The number of rotatable bonds is 53. The molecule has 6 heteroatoms. The molecule has 0 N–H and O–H groups in total. The molecule has 398 valence electrons. The summed E-state index contributed by atoms with van der Waals surface area (Å²) in [6.07, 6.45) is 73.3. The number of unbranched alkanes of at least 4 members (excludes halogenated alkanes) is 30. The second-order valence-corrected chi connectivity index (χ2v) is 19.5. The number of esters is 3. The minimum Gasteiger partial charge on any atom is -0.462 e. The molecule has 0 bridgehead atoms. The van der Waals surface area contributed by atoms with Crippen LogP contribution in [-0.4, -0.2) is 37.2 Å². The third-order valence-corrected chi connectivity index (χ3v) is 12.7. The number of hydrogen-bond donors (Lipinski definition) is 0. The molecule has 0 heterocycles. The van der Waals surface area contributed by atoms with Gasteiger partial charge in [-0.05, 0) is 57.8 Å². The Kier molecular flexibility index (Phi) is 54.8. The molecule has 0 saturated carbocycles. The van der Waals surface area contributed by atoms with E-state index in [0.717, 1.165) is 77.0 Å². The molecule has 0 saturated heterocycles. The van der Waals surface area contributed by atoms with Gasteiger partial charge in [0.05, 0.1) is 0 Å². The first-order valence-electron chi connectivity index (χ1n) is 29.4. The van der Waals surface area contributed by atoms with E-state index in [1.807, 2.05) is 6.08 Å². The van der Waals surface area contributed by atoms with Crippen molar-refractivity contribution in [1.82, 2.24) is 0 Å². The van der Waals surface area contributed by atoms with Crippen LogP contribution in [-0.2, 0) is 28.6 Å². The highest BCUT2D eigenvalue weighted by molar-refractivity contribution is 5.71. The molecule has 0 aromatic carbocycles. The van der Waals surface area contributed by atoms with Gasteiger partial charge >= 0.3 is 17.9 Å². The van der Waals surface area contributed by atoms with E-state index in [1.165, 1.54) is 167 Å². The van der Waals surface area contributed by atoms with Gasteiger partial charge < -0.3 is 14.2 Å². The summed E-state index contributed by atoms with van der Waals surface area (Å²) in [5.74, 6) is -0.969. The van der Waals surface area contributed by atoms with Crippen LogP contribution in [0.5, 0.6) is 0 Å². The van der Waals surface area contributed by atoms with Gasteiger partial charge in [0.1, 0.15) is 13.2 Å². The summed E-state index contributed by atoms with van der Waals surface area (Å²) in [7, 11) is 0. The molecule has 0 aromatic rings. The van der Waals surface area contributed by atoms with Crippen LogP contribution in [0.25, 0.3) is 0 Å². The van der Waals surface area contributed by atoms with Crippen molar-refractivity contribution in [2.75, 3.05) is 13.2 Å². The molecule has 1 unspecified atom stereocenters. The van der Waals surface area contributed by atoms with Crippen molar-refractivity contribution in [1.29, 1.82) is 0 Å². The van der Waals surface area contributed by atoms with Crippen molar-refractivity contribution < 1.29 is 28.6 Å². The Labute approximate surface area is 427 Å². The summed E-state index contributed by atoms with van der Waals surface area (Å²) >= 11 is 0. The zero-order valence-electron chi connectivity index (χ0n) is 45.6. The highest BCUT2D eigenvalue weighted by Gasteiger charge is 2.19. The fourth-order valence-electron chi connectivity index (χ4n) is 8.35. The summed E-state index contributed by atoms with van der Waals surface area (Å²) in [6.45, 7) is 6.50. The number of carbonyl (C=O) groups excluding carboxylic acids is 3. The molecule has 0 fully saturated rings. The largest absolute Gasteiger partial charge is 0.462 e. The molecule has 0 aliphatic rings. The van der Waals surface area contributed by atoms with Gasteiger partial charge in [-0.2, -0.15) is 0 Å². The lowest BCUT2D eigenvalue weighted by Crippen LogP contribution is -2.30. The normalized spacial score (nSPS) is 12.6. The fraction of sp³-hybridized carbons (Fsp3) is 0.762. The van der Waals surface area contributed by atoms with Crippen molar-refractivity contribution in [2.45, 2.75) is 297 Å². The van der Waals surface area contributed by atoms with Gasteiger partial charge in [-0.25, -0.2) is 0 Å². The number of ether oxygens (including phenoxy) is 3. The fourth-order valence-corrected chi connectivity index (χ4v) is 8.35. The summed E-state index contributed by atoms with van der Waals surface area (Å²) in [6, 6.07) is 0. The molecule has 69 heavy (non-hydrogen) atoms. The monoisotopic (exact) mass is 963 g/mol. The van der Waals surface area contributed by atoms with E-state index in [4.69, 9.17) is 14.2 Å². The quantitative estimate of drug-likeness (QED) is 0.0262. The Morgan fingerprint density at radius 3 is 0.884 bits per heavy atom. The second-order valence-electron chi connectivity index (χ2n) is 19.5. The Morgan fingerprint density at radius 1 is 0.304 bits per heavy atom. The highest BCUT2D eigenvalue weighted by Crippen LogP contribution is 2.17. The standard InChI is InChI=1S/C63H110O6/c1-4-7-10-13-16-19-22-25-28-30-32-34-35-38-41-44-47-50-53-56-62(65)68-59-60(58-67-61(64)55-52-49-46-43-40-37-27-24-21-18-15-12-9-6-3)69-63(66)57-54-51-48-45-42-39-36-33-31-29-26-23-20-17-14-11-8-5-2/h7,10,16,19,25,28,32,34,38,41,47,50,60H,4-6,8-9,11-15,17-18,20-24,26-27,29-31,33,35-37,39-40,42-46,48-49,51-59H2,1-3H3/b10-7-,19-16-,28-25-,34-32-,41-38-,50-47-. The first-order chi connectivity index (χ1) is 34.0. The van der Waals surface area contributed by atoms with Crippen LogP contribution in [0, 0.1) is 0 Å². The summed E-state index contributed by atoms with van der Waals surface area (Å²) in [5.41, 5.74) is 0. The molecule has 6 nitrogen and oxygen atoms in total. The zero-order chi connectivity index (χ0) is 50.0. The minimum atomic E-state index is -0.803. The molecule has 0 aliphatic carbocycles. The van der Waals surface area contributed by atoms with E-state index in [0.29, 0.717) is 19.3 Å². The number of carbonyl (C=O) groups is 3. The van der Waals surface area contributed by atoms with Crippen LogP contribution in [0.3, 0.4) is 0 Å². The Morgan fingerprint density at radius 2 is 0.565 bits per heavy atom. The predicted molar refractivity (Wildman–Crippen MR) is 298 cm³/mol. The predicted octanol–water partition coefficient (Wildman–Crippen LogP) is 19.8. The average molecular weight is 964 g/mol. The summed E-state index contributed by atoms with van der Waals surface area (Å²) < 4.78 is 16.8. The molecule has 1 atom stereocenters. The third-order valence-electron chi connectivity index (χ3n) is 12.7. The molecule has 0 aromatic heterocycles. The van der Waals surface area contributed by atoms with Gasteiger partial charge in [0, 0.05) is 19.3 Å². The van der Waals surface area contributed by atoms with Gasteiger partial charge in [0.25, 0.3) is 0 Å². The van der Waals surface area contributed by atoms with Gasteiger partial charge in [-0.1, -0.05) is 286 Å². The van der Waals surface area contributed by atoms with E-state index in [-0.39, 0.29) is 37.5 Å². The van der Waals surface area contributed by atoms with Crippen molar-refractivity contribution in [2.24, 2.45) is 0 Å². The van der Waals surface area contributed by atoms with Crippen LogP contribution in [0.15, 0.2) is 72.9 Å². The van der Waals surface area contributed by atoms with E-state index in [1.54, 1.807) is 0 Å². The second kappa shape index (κ2) is 57.4. The van der Waals surface area contributed by atoms with Crippen LogP contribution in [0.1, 0.15) is 290 Å². The molecule has 0 rings (SSSR count). The van der Waals surface area contributed by atoms with Crippen LogP contribution in [0.4, 0.5) is 0 Å². The maximum atomic E-state index is 12.9. The average Bonchev–Trinajstić information content (AvgIpc) is 3.35. The highest BCUT2D eigenvalue weighted by atomic mass is 16.6. The van der Waals surface area contributed by atoms with Crippen LogP contribution < -0.4 is 0 Å². The zero-order valence-corrected chi connectivity index (χ0v) is 45.6. The van der Waals surface area contributed by atoms with Gasteiger partial charge in [-0.3, -0.25) is 14.4 Å². The first-order valence-corrected chi connectivity index (χ1v) is 29.4. The Balaban J connectivity index is 4.45. The first kappa shape index (κ1) is 65.8. The van der Waals surface area contributed by atoms with E-state index in [9.17, 15) is 14.4 Å². The lowest BCUT2D eigenvalue weighted by molar-refractivity contribution is -0.166. The van der Waals surface area contributed by atoms with Gasteiger partial charge in [-0.15, -0.1) is 0 Å². The maximum absolute atomic E-state index is 12.9. The molecule has 0 amide bonds. The molecular weight excluding hydrogens is 853 g/mol. The Bertz CT molecular complexity index is 1290. The summed E-state index contributed by atoms with van der Waals surface area (Å²) in [5, 5.41) is 0. The Hall–Kier alpha value is -3.15. The third kappa shape index (κ3) is 55.6. The smallest absolute Gasteiger partial charge is 0.306 e. The molecular formula is C63H110O6. The van der Waals surface area contributed by atoms with Gasteiger partial charge in [0.15, 0.2) is 6.10 Å². The lowest BCUT2D eigenvalue weighted by atomic mass is 10.0. The lowest BCUT2D eigenvalue weighted by Gasteiger charge is -2.18.